The largest absolute Gasteiger partial charge is 0.286 e. The second kappa shape index (κ2) is 3.00. The molecule has 0 amide bonds. The molecule has 0 saturated heterocycles. The van der Waals surface area contributed by atoms with Gasteiger partial charge in [-0.05, 0) is 28.9 Å². The normalized spacial score (nSPS) is 9.64. The van der Waals surface area contributed by atoms with Gasteiger partial charge in [0.25, 0.3) is 5.69 Å². The van der Waals surface area contributed by atoms with Crippen LogP contribution in [0, 0.1) is 17.0 Å². The van der Waals surface area contributed by atoms with Crippen LogP contribution in [-0.4, -0.2) is 4.92 Å². The van der Waals surface area contributed by atoms with E-state index in [4.69, 9.17) is 0 Å². The number of nitro groups is 1. The lowest BCUT2D eigenvalue weighted by Gasteiger charge is -1.97. The Hall–Kier alpha value is -0.900. The standard InChI is InChI=1S/C7H6BrNO2/c1-5-3-2-4-6(8)7(5)9(10)11/h2-4H,1H3. The summed E-state index contributed by atoms with van der Waals surface area (Å²) in [4.78, 5) is 10.0. The average Bonchev–Trinajstić information content (AvgIpc) is 1.85. The van der Waals surface area contributed by atoms with Crippen molar-refractivity contribution < 1.29 is 4.92 Å². The number of halogens is 1. The van der Waals surface area contributed by atoms with Crippen molar-refractivity contribution >= 4 is 21.6 Å². The van der Waals surface area contributed by atoms with Crippen LogP contribution in [0.15, 0.2) is 22.7 Å². The molecule has 11 heavy (non-hydrogen) atoms. The molecule has 58 valence electrons. The summed E-state index contributed by atoms with van der Waals surface area (Å²) >= 11 is 3.11. The van der Waals surface area contributed by atoms with Crippen LogP contribution in [0.2, 0.25) is 0 Å². The Balaban J connectivity index is 3.32. The van der Waals surface area contributed by atoms with E-state index in [-0.39, 0.29) is 10.6 Å². The summed E-state index contributed by atoms with van der Waals surface area (Å²) in [5.74, 6) is 0. The zero-order valence-electron chi connectivity index (χ0n) is 5.87. The molecule has 0 aliphatic heterocycles. The van der Waals surface area contributed by atoms with Crippen molar-refractivity contribution in [3.8, 4) is 0 Å². The fourth-order valence-corrected chi connectivity index (χ4v) is 1.46. The number of benzene rings is 1. The van der Waals surface area contributed by atoms with Crippen molar-refractivity contribution in [2.24, 2.45) is 0 Å². The quantitative estimate of drug-likeness (QED) is 0.534. The third-order valence-electron chi connectivity index (χ3n) is 1.37. The van der Waals surface area contributed by atoms with Crippen molar-refractivity contribution in [1.82, 2.24) is 0 Å². The fourth-order valence-electron chi connectivity index (χ4n) is 0.854. The van der Waals surface area contributed by atoms with Crippen molar-refractivity contribution in [1.29, 1.82) is 0 Å². The predicted molar refractivity (Wildman–Crippen MR) is 45.5 cm³/mol. The van der Waals surface area contributed by atoms with Gasteiger partial charge in [0, 0.05) is 5.56 Å². The van der Waals surface area contributed by atoms with E-state index >= 15 is 0 Å². The van der Waals surface area contributed by atoms with Gasteiger partial charge in [0.15, 0.2) is 0 Å². The maximum absolute atomic E-state index is 10.4. The Labute approximate surface area is 72.3 Å². The van der Waals surface area contributed by atoms with Crippen LogP contribution in [0.25, 0.3) is 0 Å². The van der Waals surface area contributed by atoms with Gasteiger partial charge in [0.05, 0.1) is 9.40 Å². The van der Waals surface area contributed by atoms with Crippen LogP contribution in [0.3, 0.4) is 0 Å². The molecule has 0 spiro atoms. The Morgan fingerprint density at radius 2 is 2.18 bits per heavy atom. The SMILES string of the molecule is Cc1cccc(Br)c1[N+](=O)[O-]. The molecule has 0 saturated carbocycles. The van der Waals surface area contributed by atoms with Gasteiger partial charge in [-0.15, -0.1) is 0 Å². The van der Waals surface area contributed by atoms with Crippen LogP contribution in [0.5, 0.6) is 0 Å². The molecule has 1 rings (SSSR count). The van der Waals surface area contributed by atoms with Crippen LogP contribution in [-0.2, 0) is 0 Å². The first kappa shape index (κ1) is 8.20. The number of nitro benzene ring substituents is 1. The van der Waals surface area contributed by atoms with Gasteiger partial charge in [-0.2, -0.15) is 0 Å². The molecule has 4 heteroatoms. The minimum absolute atomic E-state index is 0.146. The predicted octanol–water partition coefficient (Wildman–Crippen LogP) is 2.67. The molecule has 0 aromatic heterocycles. The molecule has 0 radical (unpaired) electrons. The van der Waals surface area contributed by atoms with Gasteiger partial charge >= 0.3 is 0 Å². The van der Waals surface area contributed by atoms with E-state index in [2.05, 4.69) is 15.9 Å². The monoisotopic (exact) mass is 215 g/mol. The highest BCUT2D eigenvalue weighted by Gasteiger charge is 2.13. The zero-order valence-corrected chi connectivity index (χ0v) is 7.46. The highest BCUT2D eigenvalue weighted by atomic mass is 79.9. The molecule has 0 aliphatic rings. The average molecular weight is 216 g/mol. The summed E-state index contributed by atoms with van der Waals surface area (Å²) in [5, 5.41) is 10.4. The van der Waals surface area contributed by atoms with Crippen molar-refractivity contribution in [3.63, 3.8) is 0 Å². The van der Waals surface area contributed by atoms with Gasteiger partial charge < -0.3 is 0 Å². The van der Waals surface area contributed by atoms with E-state index in [9.17, 15) is 10.1 Å². The number of nitrogens with zero attached hydrogens (tertiary/aromatic N) is 1. The van der Waals surface area contributed by atoms with Crippen LogP contribution < -0.4 is 0 Å². The number of hydrogen-bond donors (Lipinski definition) is 0. The second-order valence-corrected chi connectivity index (χ2v) is 3.02. The Kier molecular flexibility index (Phi) is 2.24. The first-order valence-electron chi connectivity index (χ1n) is 3.02. The van der Waals surface area contributed by atoms with Gasteiger partial charge in [-0.3, -0.25) is 10.1 Å². The summed E-state index contributed by atoms with van der Waals surface area (Å²) < 4.78 is 0.530. The van der Waals surface area contributed by atoms with Gasteiger partial charge in [-0.1, -0.05) is 12.1 Å². The van der Waals surface area contributed by atoms with Crippen molar-refractivity contribution in [2.75, 3.05) is 0 Å². The van der Waals surface area contributed by atoms with Crippen molar-refractivity contribution in [2.45, 2.75) is 6.92 Å². The number of aryl methyl sites for hydroxylation is 1. The Bertz CT molecular complexity index is 278. The minimum atomic E-state index is -0.389. The number of rotatable bonds is 1. The van der Waals surface area contributed by atoms with E-state index in [0.29, 0.717) is 10.0 Å². The summed E-state index contributed by atoms with van der Waals surface area (Å²) in [7, 11) is 0. The summed E-state index contributed by atoms with van der Waals surface area (Å²) in [6.45, 7) is 1.71. The zero-order chi connectivity index (χ0) is 8.43. The number of hydrogen-bond acceptors (Lipinski definition) is 2. The third-order valence-corrected chi connectivity index (χ3v) is 2.01. The lowest BCUT2D eigenvalue weighted by Crippen LogP contribution is -1.91. The lowest BCUT2D eigenvalue weighted by atomic mass is 10.2. The third kappa shape index (κ3) is 1.57. The molecule has 0 fully saturated rings. The first-order valence-corrected chi connectivity index (χ1v) is 3.81. The Morgan fingerprint density at radius 1 is 1.55 bits per heavy atom. The van der Waals surface area contributed by atoms with E-state index in [0.717, 1.165) is 0 Å². The maximum Gasteiger partial charge on any atom is 0.286 e. The summed E-state index contributed by atoms with van der Waals surface area (Å²) in [6.07, 6.45) is 0. The van der Waals surface area contributed by atoms with Crippen LogP contribution >= 0.6 is 15.9 Å². The van der Waals surface area contributed by atoms with E-state index < -0.39 is 0 Å². The fraction of sp³-hybridized carbons (Fsp3) is 0.143. The van der Waals surface area contributed by atoms with Gasteiger partial charge in [0.2, 0.25) is 0 Å². The molecule has 0 aliphatic carbocycles. The molecule has 0 unspecified atom stereocenters. The van der Waals surface area contributed by atoms with Gasteiger partial charge in [0.1, 0.15) is 0 Å². The van der Waals surface area contributed by atoms with Crippen LogP contribution in [0.1, 0.15) is 5.56 Å². The van der Waals surface area contributed by atoms with Crippen molar-refractivity contribution in [3.05, 3.63) is 38.3 Å². The van der Waals surface area contributed by atoms with E-state index in [1.807, 2.05) is 0 Å². The molecule has 0 heterocycles. The molecule has 3 nitrogen and oxygen atoms in total. The molecule has 0 atom stereocenters. The molecule has 0 N–H and O–H groups in total. The summed E-state index contributed by atoms with van der Waals surface area (Å²) in [6, 6.07) is 5.14. The minimum Gasteiger partial charge on any atom is -0.258 e. The maximum atomic E-state index is 10.4. The van der Waals surface area contributed by atoms with Crippen LogP contribution in [0.4, 0.5) is 5.69 Å². The smallest absolute Gasteiger partial charge is 0.258 e. The highest BCUT2D eigenvalue weighted by molar-refractivity contribution is 9.10. The first-order chi connectivity index (χ1) is 5.13. The molecular formula is C7H6BrNO2. The van der Waals surface area contributed by atoms with E-state index in [1.165, 1.54) is 0 Å². The highest BCUT2D eigenvalue weighted by Crippen LogP contribution is 2.27. The van der Waals surface area contributed by atoms with Gasteiger partial charge in [-0.25, -0.2) is 0 Å². The molecule has 0 bridgehead atoms. The van der Waals surface area contributed by atoms with E-state index in [1.54, 1.807) is 25.1 Å². The topological polar surface area (TPSA) is 43.1 Å². The summed E-state index contributed by atoms with van der Waals surface area (Å²) in [5.41, 5.74) is 0.817. The lowest BCUT2D eigenvalue weighted by molar-refractivity contribution is -0.386. The second-order valence-electron chi connectivity index (χ2n) is 2.16. The molecular weight excluding hydrogens is 210 g/mol. The molecule has 1 aromatic rings. The Morgan fingerprint density at radius 3 is 2.55 bits per heavy atom. The molecule has 1 aromatic carbocycles. The number of para-hydroxylation sites is 1.